The van der Waals surface area contributed by atoms with Crippen LogP contribution in [0.5, 0.6) is 0 Å². The first-order valence-corrected chi connectivity index (χ1v) is 11.8. The number of nitrogens with zero attached hydrogens (tertiary/aromatic N) is 2. The Labute approximate surface area is 186 Å². The molecule has 1 fully saturated rings. The maximum Gasteiger partial charge on any atom is 0.409 e. The summed E-state index contributed by atoms with van der Waals surface area (Å²) < 4.78 is 5.08. The number of carbonyl (C=O) groups is 2. The Kier molecular flexibility index (Phi) is 6.61. The smallest absolute Gasteiger partial charge is 0.409 e. The van der Waals surface area contributed by atoms with Gasteiger partial charge in [-0.2, -0.15) is 0 Å². The molecule has 0 radical (unpaired) electrons. The third-order valence-electron chi connectivity index (χ3n) is 6.01. The van der Waals surface area contributed by atoms with E-state index >= 15 is 0 Å². The molecule has 2 amide bonds. The Morgan fingerprint density at radius 1 is 1.10 bits per heavy atom. The number of aryl methyl sites for hydroxylation is 1. The summed E-state index contributed by atoms with van der Waals surface area (Å²) in [6, 6.07) is 10.5. The van der Waals surface area contributed by atoms with Gasteiger partial charge in [-0.3, -0.25) is 4.79 Å². The second-order valence-electron chi connectivity index (χ2n) is 7.78. The van der Waals surface area contributed by atoms with Gasteiger partial charge in [-0.25, -0.2) is 4.79 Å². The number of hydrogen-bond donors (Lipinski definition) is 1. The third kappa shape index (κ3) is 4.46. The van der Waals surface area contributed by atoms with Crippen LogP contribution in [0.1, 0.15) is 42.2 Å². The first-order chi connectivity index (χ1) is 15.1. The van der Waals surface area contributed by atoms with E-state index in [1.165, 1.54) is 21.4 Å². The molecule has 1 aliphatic heterocycles. The zero-order valence-corrected chi connectivity index (χ0v) is 18.9. The summed E-state index contributed by atoms with van der Waals surface area (Å²) in [5.41, 5.74) is 3.62. The molecule has 1 saturated heterocycles. The number of para-hydroxylation sites is 1. The number of aromatic amines is 1. The van der Waals surface area contributed by atoms with Crippen molar-refractivity contribution in [1.82, 2.24) is 14.8 Å². The Bertz CT molecular complexity index is 1040. The van der Waals surface area contributed by atoms with E-state index in [0.29, 0.717) is 39.2 Å². The number of carbonyl (C=O) groups excluding carboxylic acids is 2. The molecule has 3 aromatic rings. The maximum atomic E-state index is 13.2. The number of H-pyrrole nitrogens is 1. The molecule has 3 heterocycles. The highest BCUT2D eigenvalue weighted by molar-refractivity contribution is 7.10. The van der Waals surface area contributed by atoms with Crippen LogP contribution in [0.15, 0.2) is 41.9 Å². The minimum Gasteiger partial charge on any atom is -0.450 e. The van der Waals surface area contributed by atoms with Crippen molar-refractivity contribution in [2.75, 3.05) is 32.8 Å². The molecule has 0 saturated carbocycles. The number of hydrogen-bond acceptors (Lipinski definition) is 4. The number of piperazine rings is 1. The summed E-state index contributed by atoms with van der Waals surface area (Å²) in [6.45, 7) is 6.45. The van der Waals surface area contributed by atoms with E-state index in [4.69, 9.17) is 4.74 Å². The number of rotatable bonds is 6. The Hall–Kier alpha value is -2.80. The summed E-state index contributed by atoms with van der Waals surface area (Å²) in [6.07, 6.45) is 3.16. The number of benzene rings is 1. The number of amides is 2. The Morgan fingerprint density at radius 2 is 1.87 bits per heavy atom. The van der Waals surface area contributed by atoms with Crippen molar-refractivity contribution in [3.8, 4) is 0 Å². The molecular weight excluding hydrogens is 410 g/mol. The Balaban J connectivity index is 1.53. The molecule has 0 aliphatic carbocycles. The number of thiophene rings is 1. The van der Waals surface area contributed by atoms with Crippen molar-refractivity contribution >= 4 is 34.2 Å². The normalized spacial score (nSPS) is 15.3. The highest BCUT2D eigenvalue weighted by Crippen LogP contribution is 2.37. The molecule has 0 spiro atoms. The quantitative estimate of drug-likeness (QED) is 0.610. The minimum atomic E-state index is -0.295. The summed E-state index contributed by atoms with van der Waals surface area (Å²) in [5, 5.41) is 3.26. The lowest BCUT2D eigenvalue weighted by Gasteiger charge is -2.34. The molecule has 1 aromatic carbocycles. The molecule has 31 heavy (non-hydrogen) atoms. The molecule has 2 aromatic heterocycles. The number of fused-ring (bicyclic) bond motifs is 1. The lowest BCUT2D eigenvalue weighted by Crippen LogP contribution is -2.50. The van der Waals surface area contributed by atoms with Gasteiger partial charge in [0.1, 0.15) is 0 Å². The molecule has 7 heteroatoms. The average Bonchev–Trinajstić information content (AvgIpc) is 3.48. The molecule has 1 atom stereocenters. The molecule has 6 nitrogen and oxygen atoms in total. The zero-order chi connectivity index (χ0) is 21.8. The van der Waals surface area contributed by atoms with Crippen LogP contribution in [-0.4, -0.2) is 59.6 Å². The zero-order valence-electron chi connectivity index (χ0n) is 18.1. The predicted octanol–water partition coefficient (Wildman–Crippen LogP) is 4.61. The van der Waals surface area contributed by atoms with Crippen LogP contribution >= 0.6 is 11.3 Å². The van der Waals surface area contributed by atoms with Crippen LogP contribution in [0.25, 0.3) is 10.9 Å². The van der Waals surface area contributed by atoms with Crippen molar-refractivity contribution in [2.45, 2.75) is 32.6 Å². The van der Waals surface area contributed by atoms with Gasteiger partial charge in [0.15, 0.2) is 0 Å². The van der Waals surface area contributed by atoms with Crippen molar-refractivity contribution in [3.63, 3.8) is 0 Å². The molecule has 164 valence electrons. The number of ether oxygens (including phenoxy) is 1. The first kappa shape index (κ1) is 21.4. The van der Waals surface area contributed by atoms with E-state index in [1.54, 1.807) is 23.2 Å². The molecule has 1 N–H and O–H groups in total. The van der Waals surface area contributed by atoms with Crippen molar-refractivity contribution in [3.05, 3.63) is 57.9 Å². The monoisotopic (exact) mass is 439 g/mol. The molecule has 1 aliphatic rings. The standard InChI is InChI=1S/C24H29N3O3S/c1-3-17-7-5-8-18-20(16-25-23(17)18)19(21-9-6-14-31-21)15-22(28)26-10-12-27(13-11-26)24(29)30-4-2/h5-9,14,16,19,25H,3-4,10-13,15H2,1-2H3. The van der Waals surface area contributed by atoms with Crippen LogP contribution < -0.4 is 0 Å². The summed E-state index contributed by atoms with van der Waals surface area (Å²) >= 11 is 1.69. The fraction of sp³-hybridized carbons (Fsp3) is 0.417. The second kappa shape index (κ2) is 9.56. The van der Waals surface area contributed by atoms with Crippen molar-refractivity contribution in [2.24, 2.45) is 0 Å². The van der Waals surface area contributed by atoms with Gasteiger partial charge in [0.2, 0.25) is 5.91 Å². The maximum absolute atomic E-state index is 13.2. The van der Waals surface area contributed by atoms with E-state index in [0.717, 1.165) is 11.9 Å². The van der Waals surface area contributed by atoms with E-state index in [2.05, 4.69) is 47.8 Å². The molecule has 0 bridgehead atoms. The number of nitrogens with one attached hydrogen (secondary N) is 1. The number of aromatic nitrogens is 1. The second-order valence-corrected chi connectivity index (χ2v) is 8.76. The van der Waals surface area contributed by atoms with Gasteiger partial charge in [-0.15, -0.1) is 11.3 Å². The van der Waals surface area contributed by atoms with Crippen LogP contribution in [0.4, 0.5) is 4.79 Å². The fourth-order valence-electron chi connectivity index (χ4n) is 4.33. The predicted molar refractivity (Wildman–Crippen MR) is 124 cm³/mol. The summed E-state index contributed by atoms with van der Waals surface area (Å²) in [7, 11) is 0. The summed E-state index contributed by atoms with van der Waals surface area (Å²) in [5.74, 6) is 0.138. The van der Waals surface area contributed by atoms with E-state index in [9.17, 15) is 9.59 Å². The third-order valence-corrected chi connectivity index (χ3v) is 7.00. The Morgan fingerprint density at radius 3 is 2.55 bits per heavy atom. The van der Waals surface area contributed by atoms with Crippen molar-refractivity contribution in [1.29, 1.82) is 0 Å². The summed E-state index contributed by atoms with van der Waals surface area (Å²) in [4.78, 5) is 33.4. The van der Waals surface area contributed by atoms with E-state index in [1.807, 2.05) is 11.0 Å². The molecular formula is C24H29N3O3S. The largest absolute Gasteiger partial charge is 0.450 e. The van der Waals surface area contributed by atoms with Crippen LogP contribution in [0, 0.1) is 0 Å². The molecule has 1 unspecified atom stereocenters. The SMILES string of the molecule is CCOC(=O)N1CCN(C(=O)CC(c2cccs2)c2c[nH]c3c(CC)cccc23)CC1. The minimum absolute atomic E-state index is 0.0106. The van der Waals surface area contributed by atoms with Crippen LogP contribution in [-0.2, 0) is 16.0 Å². The highest BCUT2D eigenvalue weighted by atomic mass is 32.1. The van der Waals surface area contributed by atoms with E-state index in [-0.39, 0.29) is 17.9 Å². The van der Waals surface area contributed by atoms with E-state index < -0.39 is 0 Å². The van der Waals surface area contributed by atoms with Gasteiger partial charge >= 0.3 is 6.09 Å². The van der Waals surface area contributed by atoms with Gasteiger partial charge < -0.3 is 19.5 Å². The lowest BCUT2D eigenvalue weighted by atomic mass is 9.92. The van der Waals surface area contributed by atoms with Gasteiger partial charge in [0.05, 0.1) is 6.61 Å². The van der Waals surface area contributed by atoms with Crippen LogP contribution in [0.3, 0.4) is 0 Å². The van der Waals surface area contributed by atoms with Gasteiger partial charge in [0.25, 0.3) is 0 Å². The average molecular weight is 440 g/mol. The van der Waals surface area contributed by atoms with Gasteiger partial charge in [0, 0.05) is 60.5 Å². The topological polar surface area (TPSA) is 65.6 Å². The van der Waals surface area contributed by atoms with Crippen molar-refractivity contribution < 1.29 is 14.3 Å². The van der Waals surface area contributed by atoms with Crippen LogP contribution in [0.2, 0.25) is 0 Å². The lowest BCUT2D eigenvalue weighted by molar-refractivity contribution is -0.133. The highest BCUT2D eigenvalue weighted by Gasteiger charge is 2.29. The van der Waals surface area contributed by atoms with Gasteiger partial charge in [-0.05, 0) is 35.9 Å². The fourth-order valence-corrected chi connectivity index (χ4v) is 5.18. The van der Waals surface area contributed by atoms with Gasteiger partial charge in [-0.1, -0.05) is 31.2 Å². The molecule has 4 rings (SSSR count). The first-order valence-electron chi connectivity index (χ1n) is 10.9.